The van der Waals surface area contributed by atoms with Crippen molar-refractivity contribution in [1.29, 1.82) is 0 Å². The maximum absolute atomic E-state index is 10.8. The molecular weight excluding hydrogens is 430 g/mol. The number of nitrogens with zero attached hydrogens (tertiary/aromatic N) is 2. The Balaban J connectivity index is 0.00000420. The number of aromatic amines is 1. The number of non-ortho nitro benzene ring substituents is 1. The fourth-order valence-corrected chi connectivity index (χ4v) is 3.78. The first kappa shape index (κ1) is 25.3. The monoisotopic (exact) mass is 465 g/mol. The van der Waals surface area contributed by atoms with Crippen molar-refractivity contribution in [3.05, 3.63) is 58.7 Å². The summed E-state index contributed by atoms with van der Waals surface area (Å²) in [6.45, 7) is 2.26. The molecule has 0 radical (unpaired) electrons. The number of hydrogen-bond acceptors (Lipinski definition) is 2. The van der Waals surface area contributed by atoms with Crippen molar-refractivity contribution in [3.8, 4) is 0 Å². The number of nitro benzene ring substituents is 1. The van der Waals surface area contributed by atoms with Crippen LogP contribution in [0.3, 0.4) is 0 Å². The normalized spacial score (nSPS) is 11.8. The third kappa shape index (κ3) is 10.1. The van der Waals surface area contributed by atoms with E-state index in [1.165, 1.54) is 69.8 Å². The average molecular weight is 466 g/mol. The number of H-pyrrole nitrogens is 1. The minimum absolute atomic E-state index is 0. The number of nitrogens with one attached hydrogen (secondary N) is 1. The number of benzene rings is 1. The number of aryl methyl sites for hydroxylation is 1. The largest absolute Gasteiger partial charge is 1.00 e. The van der Waals surface area contributed by atoms with Crippen LogP contribution in [0.15, 0.2) is 43.0 Å². The van der Waals surface area contributed by atoms with E-state index in [1.54, 1.807) is 12.1 Å². The summed E-state index contributed by atoms with van der Waals surface area (Å²) in [5.41, 5.74) is 1.33. The van der Waals surface area contributed by atoms with Gasteiger partial charge in [-0.1, -0.05) is 70.4 Å². The Kier molecular flexibility index (Phi) is 13.3. The van der Waals surface area contributed by atoms with Gasteiger partial charge in [-0.25, -0.2) is 4.57 Å². The third-order valence-corrected chi connectivity index (χ3v) is 5.54. The molecule has 1 atom stereocenters. The van der Waals surface area contributed by atoms with Crippen LogP contribution in [0, 0.1) is 10.1 Å². The summed E-state index contributed by atoms with van der Waals surface area (Å²) < 4.78 is 2.27. The molecule has 0 bridgehead atoms. The van der Waals surface area contributed by atoms with Crippen LogP contribution in [0.5, 0.6) is 0 Å². The van der Waals surface area contributed by atoms with Crippen molar-refractivity contribution < 1.29 is 26.5 Å². The smallest absolute Gasteiger partial charge is 0.269 e. The van der Waals surface area contributed by atoms with Gasteiger partial charge in [-0.05, 0) is 31.2 Å². The number of aromatic nitrogens is 2. The van der Waals surface area contributed by atoms with Crippen LogP contribution in [0.25, 0.3) is 0 Å². The molecule has 5 nitrogen and oxygen atoms in total. The Bertz CT molecular complexity index is 659. The van der Waals surface area contributed by atoms with Crippen molar-refractivity contribution in [2.24, 2.45) is 0 Å². The minimum atomic E-state index is -0.341. The first-order valence-corrected chi connectivity index (χ1v) is 11.0. The van der Waals surface area contributed by atoms with Crippen molar-refractivity contribution in [1.82, 2.24) is 4.98 Å². The molecule has 29 heavy (non-hydrogen) atoms. The summed E-state index contributed by atoms with van der Waals surface area (Å²) in [6, 6.07) is 7.46. The van der Waals surface area contributed by atoms with Crippen LogP contribution < -0.4 is 21.5 Å². The zero-order chi connectivity index (χ0) is 20.0. The molecule has 1 N–H and O–H groups in total. The van der Waals surface area contributed by atoms with Crippen LogP contribution in [-0.2, 0) is 6.42 Å². The third-order valence-electron chi connectivity index (χ3n) is 5.54. The Labute approximate surface area is 185 Å². The van der Waals surface area contributed by atoms with E-state index in [9.17, 15) is 10.1 Å². The Hall–Kier alpha value is -1.69. The lowest BCUT2D eigenvalue weighted by Crippen LogP contribution is -3.00. The van der Waals surface area contributed by atoms with Crippen LogP contribution >= 0.6 is 0 Å². The molecule has 1 aromatic heterocycles. The van der Waals surface area contributed by atoms with Crippen molar-refractivity contribution >= 4 is 5.69 Å². The van der Waals surface area contributed by atoms with E-state index < -0.39 is 0 Å². The van der Waals surface area contributed by atoms with Crippen molar-refractivity contribution in [3.63, 3.8) is 0 Å². The molecule has 0 spiro atoms. The molecule has 0 aliphatic carbocycles. The summed E-state index contributed by atoms with van der Waals surface area (Å²) in [5, 5.41) is 10.8. The van der Waals surface area contributed by atoms with Crippen LogP contribution in [0.2, 0.25) is 0 Å². The van der Waals surface area contributed by atoms with E-state index in [4.69, 9.17) is 0 Å². The highest BCUT2D eigenvalue weighted by Gasteiger charge is 2.15. The lowest BCUT2D eigenvalue weighted by Gasteiger charge is -2.14. The second kappa shape index (κ2) is 15.2. The molecule has 1 aromatic carbocycles. The van der Waals surface area contributed by atoms with Gasteiger partial charge in [0.2, 0.25) is 6.33 Å². The molecule has 0 aliphatic rings. The summed E-state index contributed by atoms with van der Waals surface area (Å²) in [7, 11) is 0. The summed E-state index contributed by atoms with van der Waals surface area (Å²) in [6.07, 6.45) is 21.5. The van der Waals surface area contributed by atoms with Gasteiger partial charge < -0.3 is 17.0 Å². The highest BCUT2D eigenvalue weighted by Crippen LogP contribution is 2.20. The van der Waals surface area contributed by atoms with Crippen molar-refractivity contribution in [2.75, 3.05) is 0 Å². The molecule has 0 saturated carbocycles. The number of nitro groups is 1. The molecule has 1 unspecified atom stereocenters. The van der Waals surface area contributed by atoms with Crippen LogP contribution in [-0.4, -0.2) is 9.91 Å². The summed E-state index contributed by atoms with van der Waals surface area (Å²) in [5.74, 6) is 0. The molecule has 0 saturated heterocycles. The van der Waals surface area contributed by atoms with E-state index in [2.05, 4.69) is 22.7 Å². The first-order valence-electron chi connectivity index (χ1n) is 11.0. The number of halogens is 1. The quantitative estimate of drug-likeness (QED) is 0.190. The van der Waals surface area contributed by atoms with Gasteiger partial charge in [-0.2, -0.15) is 0 Å². The fourth-order valence-electron chi connectivity index (χ4n) is 3.78. The molecule has 6 heteroatoms. The summed E-state index contributed by atoms with van der Waals surface area (Å²) in [4.78, 5) is 13.6. The van der Waals surface area contributed by atoms with Gasteiger partial charge in [0.05, 0.1) is 4.92 Å². The van der Waals surface area contributed by atoms with Gasteiger partial charge in [-0.15, -0.1) is 0 Å². The maximum Gasteiger partial charge on any atom is 0.269 e. The van der Waals surface area contributed by atoms with Crippen LogP contribution in [0.4, 0.5) is 5.69 Å². The predicted octanol–water partition coefficient (Wildman–Crippen LogP) is 3.31. The number of imidazole rings is 1. The van der Waals surface area contributed by atoms with Gasteiger partial charge in [0.25, 0.3) is 5.69 Å². The number of hydrogen-bond donors (Lipinski definition) is 1. The Morgan fingerprint density at radius 3 is 2.14 bits per heavy atom. The zero-order valence-electron chi connectivity index (χ0n) is 17.7. The standard InChI is InChI=1S/C23H35N3O2.BrH/c1-2-3-4-5-6-7-8-9-10-11-22(25-19-18-24-20-25)15-12-21-13-16-23(17-14-21)26(27)28;/h13-14,16-20,22H,2-12,15H2,1H3;1H. The number of unbranched alkanes of at least 4 members (excludes halogenated alkanes) is 8. The molecule has 0 fully saturated rings. The fraction of sp³-hybridized carbons (Fsp3) is 0.609. The van der Waals surface area contributed by atoms with E-state index in [0.717, 1.165) is 12.8 Å². The maximum atomic E-state index is 10.8. The SMILES string of the molecule is CCCCCCCCCCCC(CCc1ccc([N+](=O)[O-])cc1)[n+]1cc[nH]c1.[Br-]. The molecule has 0 amide bonds. The van der Waals surface area contributed by atoms with Gasteiger partial charge in [0.15, 0.2) is 0 Å². The Morgan fingerprint density at radius 2 is 1.59 bits per heavy atom. The second-order valence-electron chi connectivity index (χ2n) is 7.79. The lowest BCUT2D eigenvalue weighted by molar-refractivity contribution is -0.723. The first-order chi connectivity index (χ1) is 13.7. The van der Waals surface area contributed by atoms with Crippen molar-refractivity contribution in [2.45, 2.75) is 90.0 Å². The van der Waals surface area contributed by atoms with Crippen LogP contribution in [0.1, 0.15) is 89.2 Å². The second-order valence-corrected chi connectivity index (χ2v) is 7.79. The molecule has 2 rings (SSSR count). The molecular formula is C23H36BrN3O2. The van der Waals surface area contributed by atoms with Gasteiger partial charge in [0, 0.05) is 12.1 Å². The van der Waals surface area contributed by atoms with Gasteiger partial charge in [-0.3, -0.25) is 15.1 Å². The average Bonchev–Trinajstić information content (AvgIpc) is 3.24. The summed E-state index contributed by atoms with van der Waals surface area (Å²) >= 11 is 0. The molecule has 162 valence electrons. The van der Waals surface area contributed by atoms with E-state index in [0.29, 0.717) is 6.04 Å². The lowest BCUT2D eigenvalue weighted by atomic mass is 9.99. The number of rotatable bonds is 15. The topological polar surface area (TPSA) is 62.8 Å². The van der Waals surface area contributed by atoms with Gasteiger partial charge in [0.1, 0.15) is 18.4 Å². The molecule has 0 aliphatic heterocycles. The predicted molar refractivity (Wildman–Crippen MR) is 113 cm³/mol. The van der Waals surface area contributed by atoms with Gasteiger partial charge >= 0.3 is 0 Å². The van der Waals surface area contributed by atoms with E-state index in [1.807, 2.05) is 24.7 Å². The minimum Gasteiger partial charge on any atom is -1.00 e. The highest BCUT2D eigenvalue weighted by atomic mass is 79.9. The van der Waals surface area contributed by atoms with E-state index in [-0.39, 0.29) is 27.6 Å². The Morgan fingerprint density at radius 1 is 0.966 bits per heavy atom. The zero-order valence-corrected chi connectivity index (χ0v) is 19.3. The molecule has 1 heterocycles. The van der Waals surface area contributed by atoms with E-state index >= 15 is 0 Å². The highest BCUT2D eigenvalue weighted by molar-refractivity contribution is 5.32. The molecule has 2 aromatic rings.